The van der Waals surface area contributed by atoms with Gasteiger partial charge in [0, 0.05) is 0 Å². The Morgan fingerprint density at radius 1 is 0.724 bits per heavy atom. The lowest BCUT2D eigenvalue weighted by molar-refractivity contribution is 0.144. The highest BCUT2D eigenvalue weighted by Gasteiger charge is 2.76. The van der Waals surface area contributed by atoms with Crippen LogP contribution >= 0.6 is 0 Å². The van der Waals surface area contributed by atoms with Gasteiger partial charge in [-0.2, -0.15) is 0 Å². The number of rotatable bonds is 5. The molecule has 0 aliphatic heterocycles. The molecule has 166 valence electrons. The first kappa shape index (κ1) is 22.0. The quantitative estimate of drug-likeness (QED) is 0.405. The first-order valence-electron chi connectivity index (χ1n) is 13.7. The first-order chi connectivity index (χ1) is 14.2. The van der Waals surface area contributed by atoms with Crippen molar-refractivity contribution < 1.29 is 0 Å². The van der Waals surface area contributed by atoms with Gasteiger partial charge in [0.05, 0.1) is 0 Å². The maximum atomic E-state index is 3.00. The number of fused-ring (bicyclic) bond motifs is 2. The Hall–Kier alpha value is -0.260. The van der Waals surface area contributed by atoms with E-state index < -0.39 is 0 Å². The maximum Gasteiger partial charge on any atom is -0.0269 e. The second kappa shape index (κ2) is 9.48. The Bertz CT molecular complexity index is 486. The molecule has 2 atom stereocenters. The van der Waals surface area contributed by atoms with Crippen LogP contribution in [0.3, 0.4) is 0 Å². The highest BCUT2D eigenvalue weighted by atomic mass is 14.8. The summed E-state index contributed by atoms with van der Waals surface area (Å²) in [5.41, 5.74) is 0.886. The molecular weight excluding hydrogens is 348 g/mol. The summed E-state index contributed by atoms with van der Waals surface area (Å²) in [5, 5.41) is 0. The molecule has 7 saturated carbocycles. The third kappa shape index (κ3) is 5.15. The summed E-state index contributed by atoms with van der Waals surface area (Å²) in [7, 11) is 0. The van der Waals surface area contributed by atoms with Crippen LogP contribution in [-0.4, -0.2) is 0 Å². The molecule has 7 fully saturated rings. The predicted octanol–water partition coefficient (Wildman–Crippen LogP) is 9.05. The van der Waals surface area contributed by atoms with Crippen LogP contribution in [0, 0.1) is 52.8 Å². The molecule has 0 aromatic carbocycles. The van der Waals surface area contributed by atoms with Gasteiger partial charge in [-0.1, -0.05) is 78.1 Å². The van der Waals surface area contributed by atoms with Gasteiger partial charge >= 0.3 is 0 Å². The lowest BCUT2D eigenvalue weighted by atomic mass is 9.70. The molecule has 0 aromatic rings. The van der Waals surface area contributed by atoms with Gasteiger partial charge in [0.25, 0.3) is 0 Å². The van der Waals surface area contributed by atoms with Gasteiger partial charge in [0.15, 0.2) is 0 Å². The highest BCUT2D eigenvalue weighted by molar-refractivity contribution is 5.24. The molecule has 0 aromatic heterocycles. The van der Waals surface area contributed by atoms with Gasteiger partial charge in [-0.05, 0) is 91.3 Å². The van der Waals surface area contributed by atoms with Crippen molar-refractivity contribution in [3.63, 3.8) is 0 Å². The van der Waals surface area contributed by atoms with E-state index in [1.54, 1.807) is 57.8 Å². The molecule has 2 bridgehead atoms. The third-order valence-electron chi connectivity index (χ3n) is 10.2. The summed E-state index contributed by atoms with van der Waals surface area (Å²) in [6.45, 7) is 10.8. The molecule has 7 rings (SSSR count). The summed E-state index contributed by atoms with van der Waals surface area (Å²) in [6.07, 6.45) is 24.8. The minimum absolute atomic E-state index is 0.886. The zero-order valence-corrected chi connectivity index (χ0v) is 19.8. The van der Waals surface area contributed by atoms with E-state index in [1.807, 2.05) is 0 Å². The van der Waals surface area contributed by atoms with Crippen molar-refractivity contribution in [2.45, 2.75) is 117 Å². The minimum atomic E-state index is 0.886. The van der Waals surface area contributed by atoms with Gasteiger partial charge in [0.1, 0.15) is 0 Å². The normalized spacial score (nSPS) is 43.6. The van der Waals surface area contributed by atoms with Gasteiger partial charge < -0.3 is 0 Å². The average Bonchev–Trinajstić information content (AvgIpc) is 3.65. The van der Waals surface area contributed by atoms with Crippen molar-refractivity contribution in [3.8, 4) is 0 Å². The fraction of sp³-hybridized carbons (Fsp3) is 0.931. The highest BCUT2D eigenvalue weighted by Crippen LogP contribution is 2.82. The van der Waals surface area contributed by atoms with E-state index >= 15 is 0 Å². The Balaban J connectivity index is 0.000000193. The van der Waals surface area contributed by atoms with Crippen molar-refractivity contribution in [1.82, 2.24) is 0 Å². The third-order valence-corrected chi connectivity index (χ3v) is 10.2. The van der Waals surface area contributed by atoms with Gasteiger partial charge in [0.2, 0.25) is 0 Å². The summed E-state index contributed by atoms with van der Waals surface area (Å²) < 4.78 is 0. The molecule has 0 heteroatoms. The fourth-order valence-electron chi connectivity index (χ4n) is 8.12. The molecule has 29 heavy (non-hydrogen) atoms. The van der Waals surface area contributed by atoms with Crippen LogP contribution in [-0.2, 0) is 0 Å². The Kier molecular flexibility index (Phi) is 7.18. The van der Waals surface area contributed by atoms with Crippen LogP contribution in [0.2, 0.25) is 0 Å². The largest absolute Gasteiger partial charge is 0.106 e. The molecule has 0 radical (unpaired) electrons. The smallest absolute Gasteiger partial charge is 0.0269 e. The van der Waals surface area contributed by atoms with Gasteiger partial charge in [-0.3, -0.25) is 0 Å². The van der Waals surface area contributed by atoms with Crippen molar-refractivity contribution in [2.75, 3.05) is 0 Å². The number of hydrogen-bond acceptors (Lipinski definition) is 0. The van der Waals surface area contributed by atoms with Crippen LogP contribution in [0.25, 0.3) is 0 Å². The van der Waals surface area contributed by atoms with Gasteiger partial charge in [-0.25, -0.2) is 0 Å². The first-order valence-corrected chi connectivity index (χ1v) is 13.7. The fourth-order valence-corrected chi connectivity index (χ4v) is 8.12. The summed E-state index contributed by atoms with van der Waals surface area (Å²) >= 11 is 0. The van der Waals surface area contributed by atoms with Crippen molar-refractivity contribution >= 4 is 0 Å². The summed E-state index contributed by atoms with van der Waals surface area (Å²) in [5.74, 6) is 9.37. The number of hydrogen-bond donors (Lipinski definition) is 0. The molecule has 0 heterocycles. The second-order valence-electron chi connectivity index (χ2n) is 12.3. The zero-order chi connectivity index (χ0) is 20.4. The molecule has 0 saturated heterocycles. The molecule has 0 amide bonds. The minimum Gasteiger partial charge on any atom is -0.106 e. The van der Waals surface area contributed by atoms with Crippen LogP contribution in [0.4, 0.5) is 0 Å². The molecule has 7 aliphatic carbocycles. The van der Waals surface area contributed by atoms with E-state index in [0.29, 0.717) is 0 Å². The summed E-state index contributed by atoms with van der Waals surface area (Å²) in [6, 6.07) is 0. The zero-order valence-electron chi connectivity index (χ0n) is 19.8. The van der Waals surface area contributed by atoms with Gasteiger partial charge in [-0.15, -0.1) is 13.2 Å². The Morgan fingerprint density at radius 2 is 1.34 bits per heavy atom. The van der Waals surface area contributed by atoms with Crippen LogP contribution < -0.4 is 0 Å². The van der Waals surface area contributed by atoms with E-state index in [-0.39, 0.29) is 0 Å². The Morgan fingerprint density at radius 3 is 1.86 bits per heavy atom. The molecule has 0 nitrogen and oxygen atoms in total. The van der Waals surface area contributed by atoms with Crippen LogP contribution in [0.1, 0.15) is 117 Å². The van der Waals surface area contributed by atoms with E-state index in [2.05, 4.69) is 27.0 Å². The molecular formula is C29H50. The molecule has 0 N–H and O–H groups in total. The van der Waals surface area contributed by atoms with E-state index in [1.165, 1.54) is 74.5 Å². The van der Waals surface area contributed by atoms with E-state index in [9.17, 15) is 0 Å². The molecule has 0 spiro atoms. The average molecular weight is 399 g/mol. The molecule has 2 unspecified atom stereocenters. The van der Waals surface area contributed by atoms with Crippen molar-refractivity contribution in [3.05, 3.63) is 13.2 Å². The van der Waals surface area contributed by atoms with Crippen molar-refractivity contribution in [1.29, 1.82) is 0 Å². The monoisotopic (exact) mass is 398 g/mol. The lowest BCUT2D eigenvalue weighted by Gasteiger charge is -2.35. The van der Waals surface area contributed by atoms with E-state index in [0.717, 1.165) is 23.2 Å². The standard InChI is InChI=1S/C20H32.C7H14.C2H4/c1-13-4-2-5-14(10-13)6-3-7-20(8-9-20)15-11-16-18-17(12-15)19(16)18;1-7-5-3-2-4-6-7;1-2/h13-19H,2-12H2,1H3;7H,2-6H2,1H3;1-2H2. The summed E-state index contributed by atoms with van der Waals surface area (Å²) in [4.78, 5) is 0. The molecule has 7 aliphatic rings. The van der Waals surface area contributed by atoms with Crippen LogP contribution in [0.5, 0.6) is 0 Å². The Labute approximate surface area is 182 Å². The SMILES string of the molecule is C=C.CC1CCCC(CCCC2(C3CC4C5C(C3)C45)CC2)C1.CC1CCCCC1. The lowest BCUT2D eigenvalue weighted by Crippen LogP contribution is -2.26. The van der Waals surface area contributed by atoms with Crippen LogP contribution in [0.15, 0.2) is 13.2 Å². The predicted molar refractivity (Wildman–Crippen MR) is 127 cm³/mol. The maximum absolute atomic E-state index is 3.00. The topological polar surface area (TPSA) is 0 Å². The van der Waals surface area contributed by atoms with E-state index in [4.69, 9.17) is 0 Å². The van der Waals surface area contributed by atoms with Crippen molar-refractivity contribution in [2.24, 2.45) is 52.8 Å². The second-order valence-corrected chi connectivity index (χ2v) is 12.3.